The molecule has 3 aliphatic carbocycles. The van der Waals surface area contributed by atoms with Crippen LogP contribution in [-0.2, 0) is 4.79 Å². The summed E-state index contributed by atoms with van der Waals surface area (Å²) in [5, 5.41) is 0. The van der Waals surface area contributed by atoms with E-state index in [1.54, 1.807) is 0 Å². The number of alkyl halides is 3. The third-order valence-electron chi connectivity index (χ3n) is 4.93. The van der Waals surface area contributed by atoms with E-state index in [4.69, 9.17) is 5.73 Å². The Morgan fingerprint density at radius 3 is 2.13 bits per heavy atom. The summed E-state index contributed by atoms with van der Waals surface area (Å²) in [5.74, 6) is -0.164. The van der Waals surface area contributed by atoms with Gasteiger partial charge in [-0.1, -0.05) is 61.6 Å². The van der Waals surface area contributed by atoms with Crippen molar-refractivity contribution >= 4 is 53.7 Å². The Labute approximate surface area is 115 Å². The highest BCUT2D eigenvalue weighted by Crippen LogP contribution is 2.82. The molecule has 3 rings (SSSR count). The second-order valence-corrected chi connectivity index (χ2v) is 9.14. The number of nitrogens with two attached hydrogens (primary N) is 1. The summed E-state index contributed by atoms with van der Waals surface area (Å²) >= 11 is 10.9. The molecule has 0 heterocycles. The van der Waals surface area contributed by atoms with Gasteiger partial charge in [0.25, 0.3) is 0 Å². The molecule has 0 aliphatic heterocycles. The van der Waals surface area contributed by atoms with Gasteiger partial charge in [-0.3, -0.25) is 4.79 Å². The Kier molecular flexibility index (Phi) is 2.66. The SMILES string of the molecule is CC1(C)[C@]2(C(N)=O)CC[C@]1(C(Br)Br)[C@H]2Br. The molecule has 1 amide bonds. The molecule has 0 spiro atoms. The standard InChI is InChI=1S/C10H14Br3NO/c1-8(2)9(6(12)13)3-4-10(8,5(9)11)7(14)15/h5-6H,3-4H2,1-2H3,(H2,14,15)/t5-,9-,10-/m1/s1. The van der Waals surface area contributed by atoms with Gasteiger partial charge in [0.1, 0.15) is 0 Å². The molecule has 0 unspecified atom stereocenters. The summed E-state index contributed by atoms with van der Waals surface area (Å²) in [6, 6.07) is 0. The molecule has 0 aromatic rings. The van der Waals surface area contributed by atoms with Crippen LogP contribution in [0, 0.1) is 16.2 Å². The fourth-order valence-electron chi connectivity index (χ4n) is 3.74. The molecule has 0 saturated heterocycles. The van der Waals surface area contributed by atoms with E-state index in [1.807, 2.05) is 0 Å². The number of carbonyl (C=O) groups excluding carboxylic acids is 1. The molecule has 15 heavy (non-hydrogen) atoms. The van der Waals surface area contributed by atoms with Gasteiger partial charge >= 0.3 is 0 Å². The Morgan fingerprint density at radius 1 is 1.40 bits per heavy atom. The summed E-state index contributed by atoms with van der Waals surface area (Å²) < 4.78 is 0.215. The zero-order valence-electron chi connectivity index (χ0n) is 8.69. The minimum atomic E-state index is -0.368. The second-order valence-electron chi connectivity index (χ2n) is 5.16. The van der Waals surface area contributed by atoms with Crippen molar-refractivity contribution in [3.8, 4) is 0 Å². The number of carbonyl (C=O) groups is 1. The molecule has 2 bridgehead atoms. The Hall–Kier alpha value is 0.910. The Morgan fingerprint density at radius 2 is 1.93 bits per heavy atom. The first-order valence-corrected chi connectivity index (χ1v) is 7.72. The van der Waals surface area contributed by atoms with Gasteiger partial charge in [0, 0.05) is 10.2 Å². The van der Waals surface area contributed by atoms with Crippen molar-refractivity contribution in [3.63, 3.8) is 0 Å². The zero-order valence-corrected chi connectivity index (χ0v) is 13.4. The first-order chi connectivity index (χ1) is 6.75. The third kappa shape index (κ3) is 0.998. The van der Waals surface area contributed by atoms with Gasteiger partial charge in [-0.2, -0.15) is 0 Å². The van der Waals surface area contributed by atoms with Crippen LogP contribution >= 0.6 is 47.8 Å². The first kappa shape index (κ1) is 12.4. The lowest BCUT2D eigenvalue weighted by molar-refractivity contribution is -0.158. The quantitative estimate of drug-likeness (QED) is 0.707. The molecule has 0 aromatic carbocycles. The third-order valence-corrected chi connectivity index (χ3v) is 8.16. The maximum atomic E-state index is 11.7. The minimum absolute atomic E-state index is 0.0579. The van der Waals surface area contributed by atoms with Gasteiger partial charge in [-0.25, -0.2) is 0 Å². The van der Waals surface area contributed by atoms with Crippen LogP contribution in [0.4, 0.5) is 0 Å². The van der Waals surface area contributed by atoms with E-state index in [-0.39, 0.29) is 30.7 Å². The van der Waals surface area contributed by atoms with Crippen molar-refractivity contribution in [1.82, 2.24) is 0 Å². The molecule has 3 aliphatic rings. The van der Waals surface area contributed by atoms with Crippen LogP contribution in [0.3, 0.4) is 0 Å². The number of amides is 1. The van der Waals surface area contributed by atoms with Crippen LogP contribution < -0.4 is 5.73 Å². The van der Waals surface area contributed by atoms with E-state index < -0.39 is 0 Å². The van der Waals surface area contributed by atoms with E-state index in [9.17, 15) is 4.79 Å². The van der Waals surface area contributed by atoms with Crippen LogP contribution in [0.2, 0.25) is 0 Å². The predicted octanol–water partition coefficient (Wildman–Crippen LogP) is 3.16. The average molecular weight is 404 g/mol. The van der Waals surface area contributed by atoms with Crippen LogP contribution in [-0.4, -0.2) is 14.5 Å². The highest BCUT2D eigenvalue weighted by molar-refractivity contribution is 9.24. The van der Waals surface area contributed by atoms with Crippen LogP contribution in [0.25, 0.3) is 0 Å². The summed E-state index contributed by atoms with van der Waals surface area (Å²) in [5.41, 5.74) is 5.25. The molecule has 2 N–H and O–H groups in total. The Bertz CT molecular complexity index is 331. The van der Waals surface area contributed by atoms with Gasteiger partial charge in [-0.05, 0) is 18.3 Å². The Balaban J connectivity index is 2.50. The summed E-state index contributed by atoms with van der Waals surface area (Å²) in [4.78, 5) is 11.9. The van der Waals surface area contributed by atoms with Crippen molar-refractivity contribution < 1.29 is 4.79 Å². The largest absolute Gasteiger partial charge is 0.369 e. The highest BCUT2D eigenvalue weighted by atomic mass is 79.9. The molecule has 2 nitrogen and oxygen atoms in total. The van der Waals surface area contributed by atoms with Gasteiger partial charge in [-0.15, -0.1) is 0 Å². The van der Waals surface area contributed by atoms with Crippen molar-refractivity contribution in [2.24, 2.45) is 22.0 Å². The zero-order chi connectivity index (χ0) is 11.6. The number of hydrogen-bond donors (Lipinski definition) is 1. The molecular formula is C10H14Br3NO. The fourth-order valence-corrected chi connectivity index (χ4v) is 8.67. The van der Waals surface area contributed by atoms with Crippen molar-refractivity contribution in [3.05, 3.63) is 0 Å². The minimum Gasteiger partial charge on any atom is -0.369 e. The number of fused-ring (bicyclic) bond motifs is 1. The van der Waals surface area contributed by atoms with E-state index in [0.717, 1.165) is 12.8 Å². The lowest BCUT2D eigenvalue weighted by Crippen LogP contribution is -2.71. The lowest BCUT2D eigenvalue weighted by Gasteiger charge is -2.65. The molecule has 86 valence electrons. The number of halogens is 3. The highest BCUT2D eigenvalue weighted by Gasteiger charge is 2.82. The molecule has 5 heteroatoms. The van der Waals surface area contributed by atoms with Crippen molar-refractivity contribution in [2.45, 2.75) is 35.3 Å². The van der Waals surface area contributed by atoms with Gasteiger partial charge < -0.3 is 5.73 Å². The summed E-state index contributed by atoms with van der Waals surface area (Å²) in [6.07, 6.45) is 1.92. The van der Waals surface area contributed by atoms with E-state index in [2.05, 4.69) is 61.6 Å². The fraction of sp³-hybridized carbons (Fsp3) is 0.900. The summed E-state index contributed by atoms with van der Waals surface area (Å²) in [7, 11) is 0. The predicted molar refractivity (Wildman–Crippen MR) is 71.4 cm³/mol. The molecule has 3 saturated carbocycles. The van der Waals surface area contributed by atoms with Gasteiger partial charge in [0.05, 0.1) is 9.15 Å². The number of primary amides is 1. The molecule has 3 fully saturated rings. The van der Waals surface area contributed by atoms with Crippen LogP contribution in [0.15, 0.2) is 0 Å². The monoisotopic (exact) mass is 401 g/mol. The van der Waals surface area contributed by atoms with E-state index in [1.165, 1.54) is 0 Å². The van der Waals surface area contributed by atoms with Crippen LogP contribution in [0.5, 0.6) is 0 Å². The first-order valence-electron chi connectivity index (χ1n) is 4.97. The topological polar surface area (TPSA) is 43.1 Å². The number of hydrogen-bond acceptors (Lipinski definition) is 1. The van der Waals surface area contributed by atoms with E-state index in [0.29, 0.717) is 0 Å². The maximum absolute atomic E-state index is 11.7. The maximum Gasteiger partial charge on any atom is 0.225 e. The van der Waals surface area contributed by atoms with Gasteiger partial charge in [0.15, 0.2) is 0 Å². The second kappa shape index (κ2) is 3.22. The van der Waals surface area contributed by atoms with E-state index >= 15 is 0 Å². The molecule has 0 aromatic heterocycles. The van der Waals surface area contributed by atoms with Crippen LogP contribution in [0.1, 0.15) is 26.7 Å². The normalized spacial score (nSPS) is 46.7. The van der Waals surface area contributed by atoms with Crippen molar-refractivity contribution in [1.29, 1.82) is 0 Å². The average Bonchev–Trinajstić information content (AvgIpc) is 2.53. The van der Waals surface area contributed by atoms with Crippen molar-refractivity contribution in [2.75, 3.05) is 0 Å². The smallest absolute Gasteiger partial charge is 0.225 e. The molecular weight excluding hydrogens is 390 g/mol. The molecule has 3 atom stereocenters. The lowest BCUT2D eigenvalue weighted by atomic mass is 9.43. The van der Waals surface area contributed by atoms with Gasteiger partial charge in [0.2, 0.25) is 5.91 Å². The molecule has 0 radical (unpaired) electrons. The summed E-state index contributed by atoms with van der Waals surface area (Å²) in [6.45, 7) is 4.30. The number of rotatable bonds is 2.